The van der Waals surface area contributed by atoms with E-state index in [0.717, 1.165) is 25.9 Å². The fourth-order valence-electron chi connectivity index (χ4n) is 2.96. The quantitative estimate of drug-likeness (QED) is 0.810. The first-order valence-corrected chi connectivity index (χ1v) is 7.30. The molecular formula is C15H19N3O3. The molecule has 0 saturated carbocycles. The van der Waals surface area contributed by atoms with Crippen LogP contribution in [0.3, 0.4) is 0 Å². The van der Waals surface area contributed by atoms with Gasteiger partial charge in [0, 0.05) is 32.3 Å². The number of rotatable bonds is 4. The molecular weight excluding hydrogens is 270 g/mol. The van der Waals surface area contributed by atoms with Crippen LogP contribution in [0.1, 0.15) is 25.7 Å². The normalized spacial score (nSPS) is 21.6. The van der Waals surface area contributed by atoms with E-state index < -0.39 is 0 Å². The maximum Gasteiger partial charge on any atom is 0.232 e. The summed E-state index contributed by atoms with van der Waals surface area (Å²) in [4.78, 5) is 26.8. The van der Waals surface area contributed by atoms with E-state index in [9.17, 15) is 14.7 Å². The molecule has 1 fully saturated rings. The molecule has 0 bridgehead atoms. The summed E-state index contributed by atoms with van der Waals surface area (Å²) in [7, 11) is 0. The summed E-state index contributed by atoms with van der Waals surface area (Å²) < 4.78 is 0. The highest BCUT2D eigenvalue weighted by Crippen LogP contribution is 2.26. The minimum Gasteiger partial charge on any atom is -0.510 e. The van der Waals surface area contributed by atoms with Gasteiger partial charge in [-0.1, -0.05) is 0 Å². The molecule has 2 N–H and O–H groups in total. The molecule has 6 nitrogen and oxygen atoms in total. The van der Waals surface area contributed by atoms with Crippen molar-refractivity contribution in [3.05, 3.63) is 35.5 Å². The number of nitrogens with zero attached hydrogens (tertiary/aromatic N) is 2. The van der Waals surface area contributed by atoms with Crippen molar-refractivity contribution in [2.75, 3.05) is 19.6 Å². The molecule has 0 aromatic carbocycles. The van der Waals surface area contributed by atoms with Crippen LogP contribution in [-0.4, -0.2) is 46.4 Å². The van der Waals surface area contributed by atoms with E-state index in [1.807, 2.05) is 22.1 Å². The van der Waals surface area contributed by atoms with Crippen LogP contribution in [0.15, 0.2) is 35.5 Å². The van der Waals surface area contributed by atoms with Gasteiger partial charge in [0.05, 0.1) is 12.1 Å². The summed E-state index contributed by atoms with van der Waals surface area (Å²) in [6.07, 6.45) is 7.97. The first-order chi connectivity index (χ1) is 10.1. The number of carbonyl (C=O) groups is 2. The first-order valence-electron chi connectivity index (χ1n) is 7.30. The Morgan fingerprint density at radius 1 is 1.29 bits per heavy atom. The molecule has 3 heterocycles. The van der Waals surface area contributed by atoms with E-state index in [0.29, 0.717) is 24.4 Å². The molecule has 3 aliphatic heterocycles. The van der Waals surface area contributed by atoms with Crippen molar-refractivity contribution >= 4 is 11.8 Å². The van der Waals surface area contributed by atoms with Crippen molar-refractivity contribution in [1.82, 2.24) is 15.1 Å². The van der Waals surface area contributed by atoms with E-state index >= 15 is 0 Å². The second kappa shape index (κ2) is 5.63. The summed E-state index contributed by atoms with van der Waals surface area (Å²) in [5.74, 6) is 0.142. The lowest BCUT2D eigenvalue weighted by Crippen LogP contribution is -2.37. The molecule has 0 unspecified atom stereocenters. The van der Waals surface area contributed by atoms with Crippen molar-refractivity contribution in [3.8, 4) is 0 Å². The Labute approximate surface area is 123 Å². The van der Waals surface area contributed by atoms with Crippen LogP contribution < -0.4 is 5.32 Å². The molecule has 1 saturated heterocycles. The van der Waals surface area contributed by atoms with Crippen LogP contribution in [0.4, 0.5) is 0 Å². The summed E-state index contributed by atoms with van der Waals surface area (Å²) >= 11 is 0. The van der Waals surface area contributed by atoms with Gasteiger partial charge in [-0.2, -0.15) is 0 Å². The van der Waals surface area contributed by atoms with E-state index in [2.05, 4.69) is 5.32 Å². The van der Waals surface area contributed by atoms with Gasteiger partial charge >= 0.3 is 0 Å². The van der Waals surface area contributed by atoms with Crippen LogP contribution in [0.2, 0.25) is 0 Å². The van der Waals surface area contributed by atoms with Gasteiger partial charge < -0.3 is 20.2 Å². The number of allylic oxidation sites excluding steroid dienone is 2. The molecule has 0 aromatic heterocycles. The zero-order valence-corrected chi connectivity index (χ0v) is 11.8. The van der Waals surface area contributed by atoms with Gasteiger partial charge in [-0.3, -0.25) is 9.59 Å². The maximum atomic E-state index is 11.6. The van der Waals surface area contributed by atoms with Gasteiger partial charge in [0.1, 0.15) is 11.5 Å². The third-order valence-electron chi connectivity index (χ3n) is 3.95. The zero-order chi connectivity index (χ0) is 14.8. The molecule has 2 amide bonds. The Morgan fingerprint density at radius 2 is 2.14 bits per heavy atom. The Hall–Kier alpha value is -2.24. The molecule has 0 radical (unpaired) electrons. The maximum absolute atomic E-state index is 11.6. The van der Waals surface area contributed by atoms with Crippen molar-refractivity contribution in [2.24, 2.45) is 0 Å². The Kier molecular flexibility index (Phi) is 3.68. The monoisotopic (exact) mass is 289 g/mol. The Bertz CT molecular complexity index is 563. The zero-order valence-electron chi connectivity index (χ0n) is 11.8. The van der Waals surface area contributed by atoms with Crippen LogP contribution in [0, 0.1) is 0 Å². The van der Waals surface area contributed by atoms with E-state index in [4.69, 9.17) is 0 Å². The smallest absolute Gasteiger partial charge is 0.232 e. The van der Waals surface area contributed by atoms with Crippen molar-refractivity contribution in [2.45, 2.75) is 25.7 Å². The first kappa shape index (κ1) is 13.7. The molecule has 112 valence electrons. The van der Waals surface area contributed by atoms with Crippen molar-refractivity contribution in [1.29, 1.82) is 0 Å². The van der Waals surface area contributed by atoms with Gasteiger partial charge in [-0.15, -0.1) is 0 Å². The van der Waals surface area contributed by atoms with Crippen molar-refractivity contribution in [3.63, 3.8) is 0 Å². The highest BCUT2D eigenvalue weighted by molar-refractivity contribution is 5.83. The second-order valence-electron chi connectivity index (χ2n) is 5.47. The largest absolute Gasteiger partial charge is 0.510 e. The SMILES string of the molecule is O=C1CC(O)=C2C(=CC=CN2CCCN2CCCC2=O)N1. The molecule has 6 heteroatoms. The predicted molar refractivity (Wildman–Crippen MR) is 76.8 cm³/mol. The number of nitrogens with one attached hydrogen (secondary N) is 1. The molecule has 3 aliphatic rings. The fourth-order valence-corrected chi connectivity index (χ4v) is 2.96. The van der Waals surface area contributed by atoms with E-state index in [1.54, 1.807) is 6.08 Å². The molecule has 0 aliphatic carbocycles. The number of likely N-dealkylation sites (tertiary alicyclic amines) is 1. The highest BCUT2D eigenvalue weighted by Gasteiger charge is 2.27. The number of aliphatic hydroxyl groups excluding tert-OH is 1. The number of hydrogen-bond donors (Lipinski definition) is 2. The van der Waals surface area contributed by atoms with Crippen LogP contribution in [0.25, 0.3) is 0 Å². The summed E-state index contributed by atoms with van der Waals surface area (Å²) in [5, 5.41) is 12.8. The average Bonchev–Trinajstić information content (AvgIpc) is 2.84. The summed E-state index contributed by atoms with van der Waals surface area (Å²) in [6.45, 7) is 2.29. The summed E-state index contributed by atoms with van der Waals surface area (Å²) in [5.41, 5.74) is 1.31. The van der Waals surface area contributed by atoms with Crippen LogP contribution in [-0.2, 0) is 9.59 Å². The van der Waals surface area contributed by atoms with E-state index in [-0.39, 0.29) is 24.0 Å². The standard InChI is InChI=1S/C15H19N3O3/c19-12-10-13(20)16-11-4-1-7-18(15(11)12)9-3-8-17-6-2-5-14(17)21/h1,4,7,19H,2-3,5-6,8-10H2,(H,16,20). The van der Waals surface area contributed by atoms with Gasteiger partial charge in [0.2, 0.25) is 11.8 Å². The Balaban J connectivity index is 1.62. The van der Waals surface area contributed by atoms with Gasteiger partial charge in [-0.25, -0.2) is 0 Å². The van der Waals surface area contributed by atoms with Gasteiger partial charge in [0.25, 0.3) is 0 Å². The number of fused-ring (bicyclic) bond motifs is 1. The van der Waals surface area contributed by atoms with Gasteiger partial charge in [-0.05, 0) is 25.0 Å². The van der Waals surface area contributed by atoms with Crippen molar-refractivity contribution < 1.29 is 14.7 Å². The number of hydrogen-bond acceptors (Lipinski definition) is 4. The van der Waals surface area contributed by atoms with Gasteiger partial charge in [0.15, 0.2) is 0 Å². The Morgan fingerprint density at radius 3 is 2.90 bits per heavy atom. The minimum atomic E-state index is -0.194. The fraction of sp³-hybridized carbons (Fsp3) is 0.467. The van der Waals surface area contributed by atoms with E-state index in [1.165, 1.54) is 0 Å². The molecule has 0 spiro atoms. The van der Waals surface area contributed by atoms with Crippen LogP contribution in [0.5, 0.6) is 0 Å². The number of carbonyl (C=O) groups excluding carboxylic acids is 2. The lowest BCUT2D eigenvalue weighted by Gasteiger charge is -2.32. The molecule has 0 atom stereocenters. The topological polar surface area (TPSA) is 72.9 Å². The minimum absolute atomic E-state index is 0.0155. The summed E-state index contributed by atoms with van der Waals surface area (Å²) in [6, 6.07) is 0. The predicted octanol–water partition coefficient (Wildman–Crippen LogP) is 1.00. The average molecular weight is 289 g/mol. The van der Waals surface area contributed by atoms with Crippen LogP contribution >= 0.6 is 0 Å². The third kappa shape index (κ3) is 2.79. The molecule has 21 heavy (non-hydrogen) atoms. The lowest BCUT2D eigenvalue weighted by molar-refractivity contribution is -0.127. The molecule has 0 aromatic rings. The lowest BCUT2D eigenvalue weighted by atomic mass is 10.1. The third-order valence-corrected chi connectivity index (χ3v) is 3.95. The number of aliphatic hydroxyl groups is 1. The molecule has 3 rings (SSSR count). The second-order valence-corrected chi connectivity index (χ2v) is 5.47. The number of amides is 2. The highest BCUT2D eigenvalue weighted by atomic mass is 16.3.